The fourth-order valence-corrected chi connectivity index (χ4v) is 5.40. The van der Waals surface area contributed by atoms with E-state index in [2.05, 4.69) is 75.4 Å². The van der Waals surface area contributed by atoms with Gasteiger partial charge < -0.3 is 20.3 Å². The molecule has 1 fully saturated rings. The highest BCUT2D eigenvalue weighted by molar-refractivity contribution is 5.79. The molecule has 4 aromatic rings. The van der Waals surface area contributed by atoms with Crippen LogP contribution >= 0.6 is 0 Å². The molecule has 0 amide bonds. The van der Waals surface area contributed by atoms with Gasteiger partial charge in [0.25, 0.3) is 0 Å². The summed E-state index contributed by atoms with van der Waals surface area (Å²) in [5, 5.41) is 11.6. The first kappa shape index (κ1) is 36.8. The molecule has 1 aliphatic heterocycles. The maximum atomic E-state index is 13.7. The topological polar surface area (TPSA) is 77.8 Å². The first-order valence-corrected chi connectivity index (χ1v) is 15.6. The summed E-state index contributed by atoms with van der Waals surface area (Å²) >= 11 is 0. The molecule has 2 aromatic carbocycles. The average Bonchev–Trinajstić information content (AvgIpc) is 3.50. The van der Waals surface area contributed by atoms with Crippen molar-refractivity contribution in [3.8, 4) is 0 Å². The zero-order valence-corrected chi connectivity index (χ0v) is 27.4. The Kier molecular flexibility index (Phi) is 16.2. The SMILES string of the molecule is C=C.C=Cc1cc(Nc2ncnn3ccc(CN4CCC(NCCC)CC4)c23)ccc1N(C)Cc1cccc(F)c1.C=O.CC. The summed E-state index contributed by atoms with van der Waals surface area (Å²) in [4.78, 5) is 17.2. The van der Waals surface area contributed by atoms with E-state index in [1.54, 1.807) is 18.5 Å². The van der Waals surface area contributed by atoms with Crippen LogP contribution in [0.5, 0.6) is 0 Å². The summed E-state index contributed by atoms with van der Waals surface area (Å²) in [6, 6.07) is 15.7. The van der Waals surface area contributed by atoms with Crippen LogP contribution in [0, 0.1) is 5.82 Å². The second kappa shape index (κ2) is 19.8. The Morgan fingerprint density at radius 3 is 2.49 bits per heavy atom. The molecule has 0 spiro atoms. The van der Waals surface area contributed by atoms with Crippen LogP contribution in [0.4, 0.5) is 21.6 Å². The Bertz CT molecular complexity index is 1450. The predicted molar refractivity (Wildman–Crippen MR) is 188 cm³/mol. The normalized spacial score (nSPS) is 12.9. The number of anilines is 3. The van der Waals surface area contributed by atoms with Gasteiger partial charge in [0.2, 0.25) is 0 Å². The third-order valence-electron chi connectivity index (χ3n) is 7.43. The molecule has 0 radical (unpaired) electrons. The first-order chi connectivity index (χ1) is 22.0. The minimum absolute atomic E-state index is 0.223. The van der Waals surface area contributed by atoms with Crippen LogP contribution in [-0.2, 0) is 17.9 Å². The van der Waals surface area contributed by atoms with Gasteiger partial charge in [-0.1, -0.05) is 45.6 Å². The van der Waals surface area contributed by atoms with Crippen LogP contribution in [0.2, 0.25) is 0 Å². The van der Waals surface area contributed by atoms with Gasteiger partial charge in [0.1, 0.15) is 24.5 Å². The van der Waals surface area contributed by atoms with Crippen molar-refractivity contribution in [1.29, 1.82) is 0 Å². The fourth-order valence-electron chi connectivity index (χ4n) is 5.40. The minimum atomic E-state index is -0.223. The molecular weight excluding hydrogens is 565 g/mol. The molecule has 242 valence electrons. The van der Waals surface area contributed by atoms with Gasteiger partial charge >= 0.3 is 0 Å². The van der Waals surface area contributed by atoms with Gasteiger partial charge in [-0.25, -0.2) is 13.9 Å². The number of rotatable bonds is 11. The number of aromatic nitrogens is 3. The van der Waals surface area contributed by atoms with E-state index < -0.39 is 0 Å². The molecule has 2 N–H and O–H groups in total. The fraction of sp³-hybridized carbons (Fsp3) is 0.361. The summed E-state index contributed by atoms with van der Waals surface area (Å²) in [6.07, 6.45) is 8.97. The van der Waals surface area contributed by atoms with Crippen molar-refractivity contribution in [2.75, 3.05) is 36.9 Å². The predicted octanol–water partition coefficient (Wildman–Crippen LogP) is 7.50. The second-order valence-corrected chi connectivity index (χ2v) is 10.3. The zero-order valence-electron chi connectivity index (χ0n) is 27.4. The number of nitrogens with zero attached hydrogens (tertiary/aromatic N) is 5. The van der Waals surface area contributed by atoms with Gasteiger partial charge in [0.05, 0.1) is 0 Å². The summed E-state index contributed by atoms with van der Waals surface area (Å²) in [5.41, 5.74) is 6.06. The van der Waals surface area contributed by atoms with E-state index in [0.29, 0.717) is 12.6 Å². The lowest BCUT2D eigenvalue weighted by molar-refractivity contribution is -0.0980. The van der Waals surface area contributed by atoms with E-state index in [1.807, 2.05) is 56.6 Å². The number of hydrogen-bond donors (Lipinski definition) is 2. The van der Waals surface area contributed by atoms with Crippen LogP contribution in [0.25, 0.3) is 11.6 Å². The number of hydrogen-bond acceptors (Lipinski definition) is 7. The van der Waals surface area contributed by atoms with Crippen molar-refractivity contribution in [2.24, 2.45) is 0 Å². The Balaban J connectivity index is 0.00000111. The minimum Gasteiger partial charge on any atom is -0.370 e. The molecule has 0 atom stereocenters. The number of piperidine rings is 1. The van der Waals surface area contributed by atoms with Crippen LogP contribution < -0.4 is 15.5 Å². The molecule has 5 rings (SSSR count). The van der Waals surface area contributed by atoms with Crippen molar-refractivity contribution in [2.45, 2.75) is 59.2 Å². The van der Waals surface area contributed by atoms with E-state index >= 15 is 0 Å². The van der Waals surface area contributed by atoms with Gasteiger partial charge in [-0.15, -0.1) is 13.2 Å². The van der Waals surface area contributed by atoms with Gasteiger partial charge in [0, 0.05) is 43.8 Å². The van der Waals surface area contributed by atoms with E-state index in [4.69, 9.17) is 4.79 Å². The lowest BCUT2D eigenvalue weighted by Gasteiger charge is -2.32. The number of carbonyl (C=O) groups excluding carboxylic acids is 1. The first-order valence-electron chi connectivity index (χ1n) is 15.6. The van der Waals surface area contributed by atoms with Crippen LogP contribution in [0.3, 0.4) is 0 Å². The molecule has 2 aromatic heterocycles. The van der Waals surface area contributed by atoms with E-state index in [1.165, 1.54) is 30.9 Å². The summed E-state index contributed by atoms with van der Waals surface area (Å²) in [6.45, 7) is 23.0. The van der Waals surface area contributed by atoms with Gasteiger partial charge in [-0.05, 0) is 92.0 Å². The average molecular weight is 616 g/mol. The quantitative estimate of drug-likeness (QED) is 0.169. The van der Waals surface area contributed by atoms with Crippen molar-refractivity contribution in [3.05, 3.63) is 103 Å². The van der Waals surface area contributed by atoms with E-state index in [-0.39, 0.29) is 5.82 Å². The van der Waals surface area contributed by atoms with E-state index in [0.717, 1.165) is 60.0 Å². The number of halogens is 1. The number of likely N-dealkylation sites (tertiary alicyclic amines) is 1. The third-order valence-corrected chi connectivity index (χ3v) is 7.43. The maximum absolute atomic E-state index is 13.7. The van der Waals surface area contributed by atoms with Crippen molar-refractivity contribution in [3.63, 3.8) is 0 Å². The lowest BCUT2D eigenvalue weighted by Crippen LogP contribution is -2.42. The Labute approximate surface area is 268 Å². The molecule has 3 heterocycles. The highest BCUT2D eigenvalue weighted by Crippen LogP contribution is 2.30. The van der Waals surface area contributed by atoms with Gasteiger partial charge in [-0.2, -0.15) is 5.10 Å². The Morgan fingerprint density at radius 1 is 1.09 bits per heavy atom. The summed E-state index contributed by atoms with van der Waals surface area (Å²) < 4.78 is 15.6. The number of fused-ring (bicyclic) bond motifs is 1. The van der Waals surface area contributed by atoms with Gasteiger partial charge in [-0.3, -0.25) is 4.90 Å². The largest absolute Gasteiger partial charge is 0.370 e. The standard InChI is InChI=1S/C31H38FN7.C2H6.C2H4.CH2O/c1-4-14-33-27-12-15-38(16-13-27)21-25-11-17-39-30(25)31(34-22-35-39)36-28-9-10-29(24(5-2)19-28)37(3)20-23-7-6-8-26(32)18-23;3*1-2/h5-11,17-19,22,27,33H,2,4,12-16,20-21H2,1,3H3,(H,34,35,36);1-2H3;1-2H2;1H2. The number of carbonyl (C=O) groups is 1. The number of nitrogens with one attached hydrogen (secondary N) is 2. The zero-order chi connectivity index (χ0) is 33.2. The molecule has 0 unspecified atom stereocenters. The summed E-state index contributed by atoms with van der Waals surface area (Å²) in [7, 11) is 2.00. The Morgan fingerprint density at radius 2 is 1.82 bits per heavy atom. The molecular formula is C36H50FN7O. The molecule has 45 heavy (non-hydrogen) atoms. The molecule has 0 aliphatic carbocycles. The van der Waals surface area contributed by atoms with Gasteiger partial charge in [0.15, 0.2) is 5.82 Å². The van der Waals surface area contributed by atoms with Crippen LogP contribution in [0.15, 0.2) is 80.8 Å². The van der Waals surface area contributed by atoms with Crippen LogP contribution in [0.1, 0.15) is 56.7 Å². The molecule has 1 saturated heterocycles. The summed E-state index contributed by atoms with van der Waals surface area (Å²) in [5.74, 6) is 0.555. The second-order valence-electron chi connectivity index (χ2n) is 10.3. The monoisotopic (exact) mass is 615 g/mol. The highest BCUT2D eigenvalue weighted by Gasteiger charge is 2.20. The van der Waals surface area contributed by atoms with E-state index in [9.17, 15) is 4.39 Å². The van der Waals surface area contributed by atoms with Crippen molar-refractivity contribution < 1.29 is 9.18 Å². The Hall–Kier alpha value is -4.34. The number of benzene rings is 2. The molecule has 9 heteroatoms. The van der Waals surface area contributed by atoms with Crippen molar-refractivity contribution in [1.82, 2.24) is 24.8 Å². The van der Waals surface area contributed by atoms with Crippen LogP contribution in [-0.4, -0.2) is 59.0 Å². The molecule has 0 bridgehead atoms. The molecule has 0 saturated carbocycles. The highest BCUT2D eigenvalue weighted by atomic mass is 19.1. The smallest absolute Gasteiger partial charge is 0.158 e. The third kappa shape index (κ3) is 10.4. The molecule has 1 aliphatic rings. The lowest BCUT2D eigenvalue weighted by atomic mass is 10.0. The maximum Gasteiger partial charge on any atom is 0.158 e. The van der Waals surface area contributed by atoms with Crippen molar-refractivity contribution >= 4 is 35.6 Å². The molecule has 8 nitrogen and oxygen atoms in total.